The zero-order chi connectivity index (χ0) is 31.1. The smallest absolute Gasteiger partial charge is 0.336 e. The minimum atomic E-state index is -0.934. The van der Waals surface area contributed by atoms with E-state index in [4.69, 9.17) is 23.7 Å². The molecule has 0 radical (unpaired) electrons. The Bertz CT molecular complexity index is 1400. The second-order valence-electron chi connectivity index (χ2n) is 11.1. The molecule has 0 aliphatic carbocycles. The second-order valence-corrected chi connectivity index (χ2v) is 11.1. The Labute approximate surface area is 251 Å². The minimum absolute atomic E-state index is 0.0838. The first-order valence-corrected chi connectivity index (χ1v) is 14.3. The molecule has 1 saturated heterocycles. The molecule has 2 aliphatic heterocycles. The standard InChI is InChI=1S/C32H38N2O9/c1-20-27(30(35)39-5)29(23-8-6-9-24(18-23)34(37)38)28(21(2)33-20)31(36)41-17-15-22-11-13-25(14-12-22)40-16-7-10-26-19-42-32(3,4)43-26/h6,8-9,11-14,18,26-27,29H,7,10,15-17,19H2,1-5H3. The number of nitrogens with zero attached hydrogens (tertiary/aromatic N) is 2. The van der Waals surface area contributed by atoms with Crippen LogP contribution in [0, 0.1) is 16.0 Å². The Hall–Kier alpha value is -4.09. The van der Waals surface area contributed by atoms with Crippen LogP contribution in [-0.2, 0) is 35.0 Å². The lowest BCUT2D eigenvalue weighted by atomic mass is 9.75. The van der Waals surface area contributed by atoms with Crippen LogP contribution < -0.4 is 4.74 Å². The van der Waals surface area contributed by atoms with Crippen molar-refractivity contribution >= 4 is 23.3 Å². The molecule has 0 saturated carbocycles. The van der Waals surface area contributed by atoms with Gasteiger partial charge >= 0.3 is 11.9 Å². The fraction of sp³-hybridized carbons (Fsp3) is 0.469. The van der Waals surface area contributed by atoms with Crippen LogP contribution >= 0.6 is 0 Å². The van der Waals surface area contributed by atoms with Crippen LogP contribution in [0.1, 0.15) is 57.6 Å². The number of rotatable bonds is 12. The molecule has 11 nitrogen and oxygen atoms in total. The first kappa shape index (κ1) is 31.8. The highest BCUT2D eigenvalue weighted by atomic mass is 16.7. The number of ether oxygens (including phenoxy) is 5. The zero-order valence-corrected chi connectivity index (χ0v) is 25.2. The molecule has 2 aromatic carbocycles. The maximum absolute atomic E-state index is 13.4. The van der Waals surface area contributed by atoms with Gasteiger partial charge in [0.25, 0.3) is 5.69 Å². The first-order valence-electron chi connectivity index (χ1n) is 14.3. The number of nitro groups is 1. The molecule has 3 unspecified atom stereocenters. The van der Waals surface area contributed by atoms with E-state index in [0.29, 0.717) is 36.6 Å². The largest absolute Gasteiger partial charge is 0.494 e. The van der Waals surface area contributed by atoms with Crippen LogP contribution in [0.15, 0.2) is 64.8 Å². The van der Waals surface area contributed by atoms with Crippen LogP contribution in [0.5, 0.6) is 5.75 Å². The van der Waals surface area contributed by atoms with Gasteiger partial charge in [0.05, 0.1) is 43.5 Å². The predicted molar refractivity (Wildman–Crippen MR) is 158 cm³/mol. The van der Waals surface area contributed by atoms with Crippen LogP contribution in [0.3, 0.4) is 0 Å². The summed E-state index contributed by atoms with van der Waals surface area (Å²) in [5, 5.41) is 11.5. The van der Waals surface area contributed by atoms with Crippen molar-refractivity contribution < 1.29 is 38.2 Å². The van der Waals surface area contributed by atoms with Crippen molar-refractivity contribution in [1.29, 1.82) is 0 Å². The Morgan fingerprint density at radius 2 is 1.86 bits per heavy atom. The monoisotopic (exact) mass is 594 g/mol. The molecule has 0 amide bonds. The molecule has 230 valence electrons. The van der Waals surface area contributed by atoms with Gasteiger partial charge in [-0.15, -0.1) is 0 Å². The molecule has 4 rings (SSSR count). The number of esters is 2. The van der Waals surface area contributed by atoms with Gasteiger partial charge in [0.1, 0.15) is 11.7 Å². The van der Waals surface area contributed by atoms with E-state index in [1.165, 1.54) is 25.3 Å². The van der Waals surface area contributed by atoms with Crippen molar-refractivity contribution in [2.24, 2.45) is 10.9 Å². The summed E-state index contributed by atoms with van der Waals surface area (Å²) in [7, 11) is 1.25. The van der Waals surface area contributed by atoms with E-state index in [1.807, 2.05) is 38.1 Å². The van der Waals surface area contributed by atoms with Crippen LogP contribution in [0.4, 0.5) is 5.69 Å². The topological polar surface area (TPSA) is 136 Å². The van der Waals surface area contributed by atoms with Gasteiger partial charge in [-0.25, -0.2) is 4.79 Å². The Balaban J connectivity index is 1.36. The number of hydrogen-bond acceptors (Lipinski definition) is 10. The number of non-ortho nitro benzene ring substituents is 1. The molecular weight excluding hydrogens is 556 g/mol. The molecule has 0 spiro atoms. The molecule has 2 aliphatic rings. The van der Waals surface area contributed by atoms with Gasteiger partial charge in [0, 0.05) is 35.9 Å². The van der Waals surface area contributed by atoms with E-state index in [-0.39, 0.29) is 24.0 Å². The highest BCUT2D eigenvalue weighted by Crippen LogP contribution is 2.41. The van der Waals surface area contributed by atoms with Crippen LogP contribution in [0.2, 0.25) is 0 Å². The number of nitro benzene ring substituents is 1. The summed E-state index contributed by atoms with van der Waals surface area (Å²) in [6.45, 7) is 8.39. The lowest BCUT2D eigenvalue weighted by Crippen LogP contribution is -2.36. The summed E-state index contributed by atoms with van der Waals surface area (Å²) >= 11 is 0. The summed E-state index contributed by atoms with van der Waals surface area (Å²) in [6, 6.07) is 13.5. The van der Waals surface area contributed by atoms with E-state index in [0.717, 1.165) is 24.2 Å². The Morgan fingerprint density at radius 3 is 2.51 bits per heavy atom. The summed E-state index contributed by atoms with van der Waals surface area (Å²) in [5.74, 6) is -2.80. The number of benzene rings is 2. The van der Waals surface area contributed by atoms with Gasteiger partial charge in [-0.1, -0.05) is 24.3 Å². The lowest BCUT2D eigenvalue weighted by molar-refractivity contribution is -0.384. The fourth-order valence-corrected chi connectivity index (χ4v) is 5.42. The number of aliphatic imine (C=N–C) groups is 1. The molecule has 2 heterocycles. The third kappa shape index (κ3) is 8.05. The molecule has 1 fully saturated rings. The molecule has 2 aromatic rings. The predicted octanol–water partition coefficient (Wildman–Crippen LogP) is 5.31. The average Bonchev–Trinajstić information content (AvgIpc) is 3.33. The van der Waals surface area contributed by atoms with Gasteiger partial charge < -0.3 is 23.7 Å². The van der Waals surface area contributed by atoms with E-state index >= 15 is 0 Å². The second kappa shape index (κ2) is 13.9. The Morgan fingerprint density at radius 1 is 1.12 bits per heavy atom. The van der Waals surface area contributed by atoms with Gasteiger partial charge in [-0.2, -0.15) is 0 Å². The summed E-state index contributed by atoms with van der Waals surface area (Å²) in [4.78, 5) is 41.6. The van der Waals surface area contributed by atoms with Crippen molar-refractivity contribution in [1.82, 2.24) is 0 Å². The number of allylic oxidation sites excluding steroid dienone is 1. The van der Waals surface area contributed by atoms with Gasteiger partial charge in [-0.05, 0) is 63.8 Å². The van der Waals surface area contributed by atoms with Crippen molar-refractivity contribution in [3.8, 4) is 5.75 Å². The Kier molecular flexibility index (Phi) is 10.3. The normalized spacial score (nSPS) is 21.2. The van der Waals surface area contributed by atoms with Crippen molar-refractivity contribution in [2.45, 2.75) is 64.8 Å². The molecule has 3 atom stereocenters. The van der Waals surface area contributed by atoms with Gasteiger partial charge in [0.2, 0.25) is 0 Å². The summed E-state index contributed by atoms with van der Waals surface area (Å²) < 4.78 is 27.9. The van der Waals surface area contributed by atoms with Crippen molar-refractivity contribution in [3.63, 3.8) is 0 Å². The van der Waals surface area contributed by atoms with E-state index in [2.05, 4.69) is 4.99 Å². The quantitative estimate of drug-likeness (QED) is 0.139. The third-order valence-corrected chi connectivity index (χ3v) is 7.50. The number of carbonyl (C=O) groups excluding carboxylic acids is 2. The molecular formula is C32H38N2O9. The number of methoxy groups -OCH3 is 1. The van der Waals surface area contributed by atoms with E-state index in [9.17, 15) is 19.7 Å². The van der Waals surface area contributed by atoms with Gasteiger partial charge in [-0.3, -0.25) is 19.9 Å². The maximum atomic E-state index is 13.4. The van der Waals surface area contributed by atoms with Crippen LogP contribution in [-0.4, -0.2) is 61.4 Å². The third-order valence-electron chi connectivity index (χ3n) is 7.50. The van der Waals surface area contributed by atoms with Crippen LogP contribution in [0.25, 0.3) is 0 Å². The maximum Gasteiger partial charge on any atom is 0.336 e. The molecule has 43 heavy (non-hydrogen) atoms. The average molecular weight is 595 g/mol. The minimum Gasteiger partial charge on any atom is -0.494 e. The lowest BCUT2D eigenvalue weighted by Gasteiger charge is -2.31. The SMILES string of the molecule is COC(=O)C1C(C)=NC(C)=C(C(=O)OCCc2ccc(OCCCC3COC(C)(C)O3)cc2)C1c1cccc([N+](=O)[O-])c1. The van der Waals surface area contributed by atoms with E-state index in [1.54, 1.807) is 19.9 Å². The number of carbonyl (C=O) groups is 2. The molecule has 0 bridgehead atoms. The first-order chi connectivity index (χ1) is 20.5. The zero-order valence-electron chi connectivity index (χ0n) is 25.2. The highest BCUT2D eigenvalue weighted by Gasteiger charge is 2.42. The summed E-state index contributed by atoms with van der Waals surface area (Å²) in [6.07, 6.45) is 2.24. The molecule has 11 heteroatoms. The molecule has 0 aromatic heterocycles. The fourth-order valence-electron chi connectivity index (χ4n) is 5.42. The summed E-state index contributed by atoms with van der Waals surface area (Å²) in [5.41, 5.74) is 2.23. The van der Waals surface area contributed by atoms with Crippen molar-refractivity contribution in [3.05, 3.63) is 81.0 Å². The van der Waals surface area contributed by atoms with Gasteiger partial charge in [0.15, 0.2) is 5.79 Å². The van der Waals surface area contributed by atoms with E-state index < -0.39 is 34.5 Å². The highest BCUT2D eigenvalue weighted by molar-refractivity contribution is 6.07. The van der Waals surface area contributed by atoms with Crippen molar-refractivity contribution in [2.75, 3.05) is 26.9 Å². The molecule has 0 N–H and O–H groups in total. The number of hydrogen-bond donors (Lipinski definition) is 0.